The number of ether oxygens (including phenoxy) is 2. The lowest BCUT2D eigenvalue weighted by molar-refractivity contribution is -0.124. The number of pyridine rings is 1. The predicted molar refractivity (Wildman–Crippen MR) is 102 cm³/mol. The number of aromatic nitrogens is 1. The van der Waals surface area contributed by atoms with Crippen molar-refractivity contribution in [3.8, 4) is 11.5 Å². The summed E-state index contributed by atoms with van der Waals surface area (Å²) >= 11 is 0. The number of rotatable bonds is 8. The second kappa shape index (κ2) is 9.56. The molecule has 0 bridgehead atoms. The first-order valence-corrected chi connectivity index (χ1v) is 8.66. The SMILES string of the molecule is COc1cccc(OC)c1C(=O)N[C@H](C(=O)NCc1cccnc1)C(C)C. The molecule has 0 spiro atoms. The second-order valence-electron chi connectivity index (χ2n) is 6.31. The molecule has 0 saturated carbocycles. The molecule has 27 heavy (non-hydrogen) atoms. The normalized spacial score (nSPS) is 11.6. The maximum atomic E-state index is 12.8. The Kier molecular flexibility index (Phi) is 7.16. The van der Waals surface area contributed by atoms with Gasteiger partial charge in [0.25, 0.3) is 5.91 Å². The van der Waals surface area contributed by atoms with E-state index >= 15 is 0 Å². The van der Waals surface area contributed by atoms with Gasteiger partial charge < -0.3 is 20.1 Å². The molecule has 1 aromatic heterocycles. The summed E-state index contributed by atoms with van der Waals surface area (Å²) in [5.41, 5.74) is 1.14. The minimum atomic E-state index is -0.705. The van der Waals surface area contributed by atoms with Gasteiger partial charge in [-0.2, -0.15) is 0 Å². The van der Waals surface area contributed by atoms with Crippen LogP contribution in [-0.2, 0) is 11.3 Å². The van der Waals surface area contributed by atoms with Gasteiger partial charge in [0, 0.05) is 18.9 Å². The van der Waals surface area contributed by atoms with Crippen LogP contribution in [0.4, 0.5) is 0 Å². The highest BCUT2D eigenvalue weighted by Crippen LogP contribution is 2.28. The van der Waals surface area contributed by atoms with Gasteiger partial charge in [-0.15, -0.1) is 0 Å². The van der Waals surface area contributed by atoms with Crippen LogP contribution in [0.3, 0.4) is 0 Å². The third-order valence-electron chi connectivity index (χ3n) is 4.08. The maximum Gasteiger partial charge on any atom is 0.259 e. The molecule has 0 unspecified atom stereocenters. The Bertz CT molecular complexity index is 756. The zero-order valence-electron chi connectivity index (χ0n) is 16.0. The van der Waals surface area contributed by atoms with Crippen LogP contribution in [0, 0.1) is 5.92 Å². The number of amides is 2. The van der Waals surface area contributed by atoms with Gasteiger partial charge in [0.05, 0.1) is 14.2 Å². The van der Waals surface area contributed by atoms with Gasteiger partial charge in [-0.3, -0.25) is 14.6 Å². The third kappa shape index (κ3) is 5.20. The van der Waals surface area contributed by atoms with Gasteiger partial charge in [-0.05, 0) is 29.7 Å². The predicted octanol–water partition coefficient (Wildman–Crippen LogP) is 2.17. The van der Waals surface area contributed by atoms with Crippen molar-refractivity contribution >= 4 is 11.8 Å². The number of hydrogen-bond donors (Lipinski definition) is 2. The van der Waals surface area contributed by atoms with Crippen LogP contribution in [0.5, 0.6) is 11.5 Å². The number of carbonyl (C=O) groups excluding carboxylic acids is 2. The highest BCUT2D eigenvalue weighted by Gasteiger charge is 2.27. The first-order chi connectivity index (χ1) is 13.0. The van der Waals surface area contributed by atoms with E-state index < -0.39 is 11.9 Å². The van der Waals surface area contributed by atoms with Crippen LogP contribution in [0.1, 0.15) is 29.8 Å². The molecule has 1 heterocycles. The zero-order chi connectivity index (χ0) is 19.8. The van der Waals surface area contributed by atoms with E-state index in [4.69, 9.17) is 9.47 Å². The molecule has 144 valence electrons. The fourth-order valence-corrected chi connectivity index (χ4v) is 2.63. The zero-order valence-corrected chi connectivity index (χ0v) is 16.0. The molecular weight excluding hydrogens is 346 g/mol. The first kappa shape index (κ1) is 20.2. The smallest absolute Gasteiger partial charge is 0.259 e. The summed E-state index contributed by atoms with van der Waals surface area (Å²) < 4.78 is 10.5. The standard InChI is InChI=1S/C20H25N3O4/c1-13(2)18(20(25)22-12-14-7-6-10-21-11-14)23-19(24)17-15(26-3)8-5-9-16(17)27-4/h5-11,13,18H,12H2,1-4H3,(H,22,25)(H,23,24)/t18-/m0/s1. The maximum absolute atomic E-state index is 12.8. The molecule has 0 saturated heterocycles. The van der Waals surface area contributed by atoms with Gasteiger partial charge in [0.2, 0.25) is 5.91 Å². The van der Waals surface area contributed by atoms with Gasteiger partial charge in [-0.25, -0.2) is 0 Å². The van der Waals surface area contributed by atoms with E-state index in [2.05, 4.69) is 15.6 Å². The summed E-state index contributed by atoms with van der Waals surface area (Å²) in [5, 5.41) is 5.63. The minimum absolute atomic E-state index is 0.108. The van der Waals surface area contributed by atoms with Crippen LogP contribution in [0.25, 0.3) is 0 Å². The Balaban J connectivity index is 2.14. The molecule has 0 radical (unpaired) electrons. The molecule has 1 aromatic carbocycles. The summed E-state index contributed by atoms with van der Waals surface area (Å²) in [6.45, 7) is 4.08. The summed E-state index contributed by atoms with van der Waals surface area (Å²) in [6, 6.07) is 8.04. The second-order valence-corrected chi connectivity index (χ2v) is 6.31. The first-order valence-electron chi connectivity index (χ1n) is 8.66. The molecule has 7 nitrogen and oxygen atoms in total. The number of hydrogen-bond acceptors (Lipinski definition) is 5. The molecular formula is C20H25N3O4. The highest BCUT2D eigenvalue weighted by atomic mass is 16.5. The van der Waals surface area contributed by atoms with Crippen LogP contribution in [0.15, 0.2) is 42.7 Å². The lowest BCUT2D eigenvalue weighted by Crippen LogP contribution is -2.49. The molecule has 2 rings (SSSR count). The van der Waals surface area contributed by atoms with Crippen LogP contribution >= 0.6 is 0 Å². The van der Waals surface area contributed by atoms with Crippen molar-refractivity contribution in [1.29, 1.82) is 0 Å². The summed E-state index contributed by atoms with van der Waals surface area (Å²) in [6.07, 6.45) is 3.35. The average Bonchev–Trinajstić information content (AvgIpc) is 2.69. The number of nitrogens with zero attached hydrogens (tertiary/aromatic N) is 1. The molecule has 2 amide bonds. The molecule has 0 aliphatic carbocycles. The van der Waals surface area contributed by atoms with E-state index in [1.807, 2.05) is 19.9 Å². The van der Waals surface area contributed by atoms with Crippen LogP contribution < -0.4 is 20.1 Å². The third-order valence-corrected chi connectivity index (χ3v) is 4.08. The molecule has 0 fully saturated rings. The van der Waals surface area contributed by atoms with E-state index in [9.17, 15) is 9.59 Å². The molecule has 2 aromatic rings. The van der Waals surface area contributed by atoms with E-state index in [-0.39, 0.29) is 17.4 Å². The van der Waals surface area contributed by atoms with Crippen molar-refractivity contribution in [2.75, 3.05) is 14.2 Å². The van der Waals surface area contributed by atoms with E-state index in [0.717, 1.165) is 5.56 Å². The number of benzene rings is 1. The van der Waals surface area contributed by atoms with Gasteiger partial charge in [0.15, 0.2) is 0 Å². The monoisotopic (exact) mass is 371 g/mol. The van der Waals surface area contributed by atoms with Crippen LogP contribution in [-0.4, -0.2) is 37.1 Å². The topological polar surface area (TPSA) is 89.5 Å². The lowest BCUT2D eigenvalue weighted by atomic mass is 10.0. The van der Waals surface area contributed by atoms with Gasteiger partial charge >= 0.3 is 0 Å². The van der Waals surface area contributed by atoms with E-state index in [0.29, 0.717) is 18.0 Å². The average molecular weight is 371 g/mol. The Morgan fingerprint density at radius 2 is 1.74 bits per heavy atom. The molecule has 2 N–H and O–H groups in total. The Morgan fingerprint density at radius 3 is 2.26 bits per heavy atom. The van der Waals surface area contributed by atoms with Crippen molar-refractivity contribution in [3.05, 3.63) is 53.9 Å². The molecule has 0 aliphatic rings. The van der Waals surface area contributed by atoms with Crippen molar-refractivity contribution < 1.29 is 19.1 Å². The molecule has 0 aliphatic heterocycles. The van der Waals surface area contributed by atoms with Gasteiger partial charge in [-0.1, -0.05) is 26.0 Å². The Labute approximate surface area is 159 Å². The number of nitrogens with one attached hydrogen (secondary N) is 2. The van der Waals surface area contributed by atoms with E-state index in [1.54, 1.807) is 36.7 Å². The summed E-state index contributed by atoms with van der Waals surface area (Å²) in [5.74, 6) is -0.0469. The molecule has 1 atom stereocenters. The largest absolute Gasteiger partial charge is 0.496 e. The summed E-state index contributed by atoms with van der Waals surface area (Å²) in [4.78, 5) is 29.5. The van der Waals surface area contributed by atoms with Crippen molar-refractivity contribution in [3.63, 3.8) is 0 Å². The van der Waals surface area contributed by atoms with Crippen molar-refractivity contribution in [1.82, 2.24) is 15.6 Å². The fraction of sp³-hybridized carbons (Fsp3) is 0.350. The summed E-state index contributed by atoms with van der Waals surface area (Å²) in [7, 11) is 2.96. The number of methoxy groups -OCH3 is 2. The quantitative estimate of drug-likeness (QED) is 0.742. The Morgan fingerprint density at radius 1 is 1.07 bits per heavy atom. The van der Waals surface area contributed by atoms with Crippen molar-refractivity contribution in [2.45, 2.75) is 26.4 Å². The van der Waals surface area contributed by atoms with Crippen molar-refractivity contribution in [2.24, 2.45) is 5.92 Å². The van der Waals surface area contributed by atoms with E-state index in [1.165, 1.54) is 14.2 Å². The Hall–Kier alpha value is -3.09. The number of carbonyl (C=O) groups is 2. The highest BCUT2D eigenvalue weighted by molar-refractivity contribution is 6.02. The minimum Gasteiger partial charge on any atom is -0.496 e. The fourth-order valence-electron chi connectivity index (χ4n) is 2.63. The van der Waals surface area contributed by atoms with Crippen LogP contribution in [0.2, 0.25) is 0 Å². The molecule has 7 heteroatoms. The van der Waals surface area contributed by atoms with Gasteiger partial charge in [0.1, 0.15) is 23.1 Å². The lowest BCUT2D eigenvalue weighted by Gasteiger charge is -2.23.